The van der Waals surface area contributed by atoms with E-state index in [9.17, 15) is 18.3 Å². The second kappa shape index (κ2) is 5.90. The molecule has 0 spiro atoms. The van der Waals surface area contributed by atoms with Crippen LogP contribution in [0, 0.1) is 0 Å². The van der Waals surface area contributed by atoms with Crippen molar-refractivity contribution in [3.63, 3.8) is 0 Å². The van der Waals surface area contributed by atoms with E-state index in [0.717, 1.165) is 6.42 Å². The van der Waals surface area contributed by atoms with Gasteiger partial charge in [-0.2, -0.15) is 4.31 Å². The summed E-state index contributed by atoms with van der Waals surface area (Å²) < 4.78 is 25.9. The summed E-state index contributed by atoms with van der Waals surface area (Å²) in [5.74, 6) is -1.22. The molecule has 1 heterocycles. The van der Waals surface area contributed by atoms with Gasteiger partial charge in [-0.15, -0.1) is 0 Å². The number of hydrogen-bond donors (Lipinski definition) is 2. The van der Waals surface area contributed by atoms with Crippen LogP contribution in [-0.4, -0.2) is 48.1 Å². The van der Waals surface area contributed by atoms with Crippen molar-refractivity contribution < 1.29 is 23.4 Å². The quantitative estimate of drug-likeness (QED) is 0.833. The zero-order valence-corrected chi connectivity index (χ0v) is 11.7. The van der Waals surface area contributed by atoms with Gasteiger partial charge >= 0.3 is 5.97 Å². The van der Waals surface area contributed by atoms with E-state index in [1.165, 1.54) is 28.6 Å². The van der Waals surface area contributed by atoms with E-state index in [-0.39, 0.29) is 24.0 Å². The Morgan fingerprint density at radius 3 is 2.50 bits per heavy atom. The SMILES string of the molecule is O=C(O)c1ccc(CS(=O)(=O)N2CCC[C@H]2CO)cc1. The number of carboxylic acid groups (broad SMARTS) is 1. The maximum atomic E-state index is 12.3. The molecule has 1 atom stereocenters. The number of aliphatic hydroxyl groups excluding tert-OH is 1. The lowest BCUT2D eigenvalue weighted by Gasteiger charge is -2.22. The molecule has 0 amide bonds. The summed E-state index contributed by atoms with van der Waals surface area (Å²) in [5.41, 5.74) is 0.666. The number of hydrogen-bond acceptors (Lipinski definition) is 4. The molecule has 0 aliphatic carbocycles. The molecule has 0 bridgehead atoms. The highest BCUT2D eigenvalue weighted by atomic mass is 32.2. The van der Waals surface area contributed by atoms with Crippen LogP contribution in [0.2, 0.25) is 0 Å². The number of aromatic carboxylic acids is 1. The van der Waals surface area contributed by atoms with E-state index in [1.807, 2.05) is 0 Å². The van der Waals surface area contributed by atoms with E-state index in [0.29, 0.717) is 18.5 Å². The minimum absolute atomic E-state index is 0.126. The van der Waals surface area contributed by atoms with Crippen LogP contribution in [-0.2, 0) is 15.8 Å². The molecule has 20 heavy (non-hydrogen) atoms. The van der Waals surface area contributed by atoms with Gasteiger partial charge < -0.3 is 10.2 Å². The van der Waals surface area contributed by atoms with Crippen LogP contribution in [0.15, 0.2) is 24.3 Å². The Balaban J connectivity index is 2.13. The standard InChI is InChI=1S/C13H17NO5S/c15-8-12-2-1-7-14(12)20(18,19)9-10-3-5-11(6-4-10)13(16)17/h3-6,12,15H,1-2,7-9H2,(H,16,17)/t12-/m0/s1. The highest BCUT2D eigenvalue weighted by molar-refractivity contribution is 7.88. The molecule has 0 aromatic heterocycles. The number of nitrogens with zero attached hydrogens (tertiary/aromatic N) is 1. The molecule has 1 aromatic rings. The largest absolute Gasteiger partial charge is 0.478 e. The number of sulfonamides is 1. The van der Waals surface area contributed by atoms with Gasteiger partial charge in [-0.1, -0.05) is 12.1 Å². The van der Waals surface area contributed by atoms with Gasteiger partial charge in [0.25, 0.3) is 0 Å². The second-order valence-electron chi connectivity index (χ2n) is 4.85. The molecule has 6 nitrogen and oxygen atoms in total. The number of carbonyl (C=O) groups is 1. The van der Waals surface area contributed by atoms with Gasteiger partial charge in [0.2, 0.25) is 10.0 Å². The Hall–Kier alpha value is -1.44. The van der Waals surface area contributed by atoms with Crippen molar-refractivity contribution in [3.05, 3.63) is 35.4 Å². The molecule has 2 rings (SSSR count). The van der Waals surface area contributed by atoms with Gasteiger partial charge in [-0.05, 0) is 30.5 Å². The maximum Gasteiger partial charge on any atom is 0.335 e. The summed E-state index contributed by atoms with van der Waals surface area (Å²) >= 11 is 0. The van der Waals surface area contributed by atoms with Crippen LogP contribution in [0.25, 0.3) is 0 Å². The zero-order chi connectivity index (χ0) is 14.8. The summed E-state index contributed by atoms with van der Waals surface area (Å²) in [4.78, 5) is 10.7. The topological polar surface area (TPSA) is 94.9 Å². The van der Waals surface area contributed by atoms with E-state index >= 15 is 0 Å². The highest BCUT2D eigenvalue weighted by Crippen LogP contribution is 2.23. The fourth-order valence-corrected chi connectivity index (χ4v) is 4.21. The fraction of sp³-hybridized carbons (Fsp3) is 0.462. The number of benzene rings is 1. The Morgan fingerprint density at radius 2 is 1.95 bits per heavy atom. The molecule has 110 valence electrons. The summed E-state index contributed by atoms with van der Waals surface area (Å²) in [6, 6.07) is 5.45. The monoisotopic (exact) mass is 299 g/mol. The van der Waals surface area contributed by atoms with Crippen molar-refractivity contribution in [1.29, 1.82) is 0 Å². The van der Waals surface area contributed by atoms with Crippen LogP contribution >= 0.6 is 0 Å². The first-order chi connectivity index (χ1) is 9.44. The van der Waals surface area contributed by atoms with E-state index in [1.54, 1.807) is 0 Å². The van der Waals surface area contributed by atoms with Gasteiger partial charge in [0.15, 0.2) is 0 Å². The number of aliphatic hydroxyl groups is 1. The molecule has 0 radical (unpaired) electrons. The van der Waals surface area contributed by atoms with Crippen LogP contribution in [0.3, 0.4) is 0 Å². The van der Waals surface area contributed by atoms with Crippen molar-refractivity contribution in [2.45, 2.75) is 24.6 Å². The first-order valence-corrected chi connectivity index (χ1v) is 7.97. The lowest BCUT2D eigenvalue weighted by atomic mass is 10.1. The van der Waals surface area contributed by atoms with Gasteiger partial charge in [-0.3, -0.25) is 0 Å². The zero-order valence-electron chi connectivity index (χ0n) is 10.9. The third-order valence-electron chi connectivity index (χ3n) is 3.44. The van der Waals surface area contributed by atoms with Crippen LogP contribution in [0.5, 0.6) is 0 Å². The van der Waals surface area contributed by atoms with Crippen molar-refractivity contribution >= 4 is 16.0 Å². The lowest BCUT2D eigenvalue weighted by molar-refractivity contribution is 0.0697. The molecular formula is C13H17NO5S. The summed E-state index contributed by atoms with van der Waals surface area (Å²) in [6.45, 7) is 0.262. The number of carboxylic acids is 1. The average Bonchev–Trinajstić information content (AvgIpc) is 2.88. The molecule has 1 saturated heterocycles. The average molecular weight is 299 g/mol. The number of rotatable bonds is 5. The van der Waals surface area contributed by atoms with Gasteiger partial charge in [0.05, 0.1) is 17.9 Å². The van der Waals surface area contributed by atoms with E-state index in [2.05, 4.69) is 0 Å². The second-order valence-corrected chi connectivity index (χ2v) is 6.77. The van der Waals surface area contributed by atoms with Crippen LogP contribution in [0.4, 0.5) is 0 Å². The molecule has 1 fully saturated rings. The van der Waals surface area contributed by atoms with Crippen molar-refractivity contribution in [3.8, 4) is 0 Å². The maximum absolute atomic E-state index is 12.3. The van der Waals surface area contributed by atoms with E-state index in [4.69, 9.17) is 5.11 Å². The van der Waals surface area contributed by atoms with Crippen molar-refractivity contribution in [1.82, 2.24) is 4.31 Å². The molecule has 0 saturated carbocycles. The van der Waals surface area contributed by atoms with Crippen molar-refractivity contribution in [2.75, 3.05) is 13.2 Å². The van der Waals surface area contributed by atoms with Crippen molar-refractivity contribution in [2.24, 2.45) is 0 Å². The molecule has 1 aromatic carbocycles. The smallest absolute Gasteiger partial charge is 0.335 e. The molecule has 2 N–H and O–H groups in total. The van der Waals surface area contributed by atoms with Gasteiger partial charge in [-0.25, -0.2) is 13.2 Å². The van der Waals surface area contributed by atoms with Gasteiger partial charge in [0.1, 0.15) is 0 Å². The normalized spacial score (nSPS) is 20.1. The summed E-state index contributed by atoms with van der Waals surface area (Å²) in [7, 11) is -3.48. The first kappa shape index (κ1) is 15.0. The third-order valence-corrected chi connectivity index (χ3v) is 5.33. The third kappa shape index (κ3) is 3.17. The Morgan fingerprint density at radius 1 is 1.30 bits per heavy atom. The van der Waals surface area contributed by atoms with Gasteiger partial charge in [0, 0.05) is 12.6 Å². The predicted octanol–water partition coefficient (Wildman–Crippen LogP) is 0.671. The van der Waals surface area contributed by atoms with E-state index < -0.39 is 16.0 Å². The fourth-order valence-electron chi connectivity index (χ4n) is 2.39. The summed E-state index contributed by atoms with van der Waals surface area (Å²) in [5, 5.41) is 18.0. The first-order valence-electron chi connectivity index (χ1n) is 6.36. The molecular weight excluding hydrogens is 282 g/mol. The Bertz CT molecular complexity index is 581. The minimum atomic E-state index is -3.48. The Kier molecular flexibility index (Phi) is 4.42. The molecule has 0 unspecified atom stereocenters. The lowest BCUT2D eigenvalue weighted by Crippen LogP contribution is -2.38. The minimum Gasteiger partial charge on any atom is -0.478 e. The summed E-state index contributed by atoms with van der Waals surface area (Å²) in [6.07, 6.45) is 1.43. The van der Waals surface area contributed by atoms with Crippen LogP contribution < -0.4 is 0 Å². The molecule has 1 aliphatic rings. The highest BCUT2D eigenvalue weighted by Gasteiger charge is 2.33. The predicted molar refractivity (Wildman–Crippen MR) is 72.8 cm³/mol. The van der Waals surface area contributed by atoms with Crippen LogP contribution in [0.1, 0.15) is 28.8 Å². The Labute approximate surface area is 117 Å². The molecule has 7 heteroatoms. The molecule has 1 aliphatic heterocycles.